The Morgan fingerprint density at radius 3 is 2.66 bits per heavy atom. The summed E-state index contributed by atoms with van der Waals surface area (Å²) >= 11 is 0. The first-order valence-electron chi connectivity index (χ1n) is 11.7. The van der Waals surface area contributed by atoms with Gasteiger partial charge in [0, 0.05) is 25.1 Å². The maximum Gasteiger partial charge on any atom is 0.247 e. The third-order valence-electron chi connectivity index (χ3n) is 7.20. The monoisotopic (exact) mass is 403 g/mol. The smallest absolute Gasteiger partial charge is 0.247 e. The molecule has 0 N–H and O–H groups in total. The zero-order valence-corrected chi connectivity index (χ0v) is 18.1. The molecule has 29 heavy (non-hydrogen) atoms. The highest BCUT2D eigenvalue weighted by molar-refractivity contribution is 5.89. The van der Waals surface area contributed by atoms with Gasteiger partial charge in [0.2, 0.25) is 5.91 Å². The van der Waals surface area contributed by atoms with Crippen LogP contribution in [0.3, 0.4) is 0 Å². The molecule has 3 fully saturated rings. The van der Waals surface area contributed by atoms with E-state index in [9.17, 15) is 4.79 Å². The van der Waals surface area contributed by atoms with Crippen LogP contribution in [0.15, 0.2) is 23.5 Å². The Kier molecular flexibility index (Phi) is 6.96. The molecule has 5 heteroatoms. The summed E-state index contributed by atoms with van der Waals surface area (Å²) in [5, 5.41) is 0. The van der Waals surface area contributed by atoms with E-state index in [0.717, 1.165) is 24.2 Å². The van der Waals surface area contributed by atoms with Gasteiger partial charge in [-0.1, -0.05) is 19.3 Å². The lowest BCUT2D eigenvalue weighted by atomic mass is 9.83. The number of morpholine rings is 1. The second kappa shape index (κ2) is 9.65. The Morgan fingerprint density at radius 1 is 1.14 bits per heavy atom. The molecular formula is C24H37NO4. The molecule has 0 spiro atoms. The Morgan fingerprint density at radius 2 is 1.90 bits per heavy atom. The lowest BCUT2D eigenvalue weighted by Gasteiger charge is -2.37. The molecular weight excluding hydrogens is 366 g/mol. The summed E-state index contributed by atoms with van der Waals surface area (Å²) in [4.78, 5) is 14.4. The molecule has 4 rings (SSSR count). The van der Waals surface area contributed by atoms with Gasteiger partial charge in [0.05, 0.1) is 25.4 Å². The molecule has 0 radical (unpaired) electrons. The molecule has 2 heterocycles. The summed E-state index contributed by atoms with van der Waals surface area (Å²) in [6.45, 7) is 6.84. The number of amides is 1. The van der Waals surface area contributed by atoms with Gasteiger partial charge in [-0.25, -0.2) is 0 Å². The van der Waals surface area contributed by atoms with Crippen LogP contribution in [0.2, 0.25) is 0 Å². The average molecular weight is 404 g/mol. The van der Waals surface area contributed by atoms with Crippen LogP contribution >= 0.6 is 0 Å². The van der Waals surface area contributed by atoms with Crippen LogP contribution in [-0.4, -0.2) is 55.4 Å². The normalized spacial score (nSPS) is 32.3. The molecule has 162 valence electrons. The van der Waals surface area contributed by atoms with E-state index in [1.165, 1.54) is 38.5 Å². The standard InChI is InChI=1S/C24H37NO4/c1-17(15-23(26)25-11-13-27-14-12-25)22-16-20-9-6-10-21(24(20)29-22)28-18(2)19-7-4-3-5-8-19/h15-16,18-21,24H,3-14H2,1-2H3/b17-15+. The van der Waals surface area contributed by atoms with E-state index >= 15 is 0 Å². The zero-order valence-electron chi connectivity index (χ0n) is 18.1. The van der Waals surface area contributed by atoms with Crippen molar-refractivity contribution in [2.75, 3.05) is 26.3 Å². The van der Waals surface area contributed by atoms with Crippen molar-refractivity contribution < 1.29 is 19.0 Å². The number of carbonyl (C=O) groups is 1. The van der Waals surface area contributed by atoms with Crippen LogP contribution in [0.25, 0.3) is 0 Å². The highest BCUT2D eigenvalue weighted by Crippen LogP contribution is 2.40. The number of hydrogen-bond acceptors (Lipinski definition) is 4. The fraction of sp³-hybridized carbons (Fsp3) is 0.792. The van der Waals surface area contributed by atoms with Gasteiger partial charge in [0.15, 0.2) is 0 Å². The fourth-order valence-corrected chi connectivity index (χ4v) is 5.37. The summed E-state index contributed by atoms with van der Waals surface area (Å²) in [6.07, 6.45) is 14.6. The van der Waals surface area contributed by atoms with E-state index < -0.39 is 0 Å². The molecule has 0 bridgehead atoms. The van der Waals surface area contributed by atoms with Gasteiger partial charge >= 0.3 is 0 Å². The molecule has 0 aromatic carbocycles. The Hall–Kier alpha value is -1.33. The van der Waals surface area contributed by atoms with Gasteiger partial charge in [-0.05, 0) is 63.5 Å². The minimum absolute atomic E-state index is 0.0592. The quantitative estimate of drug-likeness (QED) is 0.645. The lowest BCUT2D eigenvalue weighted by Crippen LogP contribution is -2.41. The number of nitrogens with zero attached hydrogens (tertiary/aromatic N) is 1. The molecule has 2 saturated carbocycles. The molecule has 0 aromatic rings. The van der Waals surface area contributed by atoms with Crippen LogP contribution in [0.4, 0.5) is 0 Å². The number of ether oxygens (including phenoxy) is 3. The van der Waals surface area contributed by atoms with Crippen molar-refractivity contribution in [1.82, 2.24) is 4.90 Å². The average Bonchev–Trinajstić information content (AvgIpc) is 3.20. The first-order valence-corrected chi connectivity index (χ1v) is 11.7. The van der Waals surface area contributed by atoms with Gasteiger partial charge in [0.25, 0.3) is 0 Å². The molecule has 4 aliphatic rings. The van der Waals surface area contributed by atoms with Crippen LogP contribution in [0.5, 0.6) is 0 Å². The SMILES string of the molecule is C/C(=C\C(=O)N1CCOCC1)C1=CC2CCCC(OC(C)C3CCCCC3)C2O1. The molecule has 2 aliphatic carbocycles. The van der Waals surface area contributed by atoms with Gasteiger partial charge in [-0.3, -0.25) is 4.79 Å². The molecule has 4 atom stereocenters. The molecule has 1 amide bonds. The number of rotatable bonds is 5. The van der Waals surface area contributed by atoms with E-state index in [1.807, 2.05) is 11.8 Å². The minimum atomic E-state index is 0.0592. The van der Waals surface area contributed by atoms with Crippen LogP contribution in [0.1, 0.15) is 65.2 Å². The Balaban J connectivity index is 1.36. The third-order valence-corrected chi connectivity index (χ3v) is 7.20. The van der Waals surface area contributed by atoms with E-state index in [1.54, 1.807) is 6.08 Å². The van der Waals surface area contributed by atoms with Crippen LogP contribution < -0.4 is 0 Å². The molecule has 2 aliphatic heterocycles. The number of hydrogen-bond donors (Lipinski definition) is 0. The topological polar surface area (TPSA) is 48.0 Å². The zero-order chi connectivity index (χ0) is 20.2. The largest absolute Gasteiger partial charge is 0.487 e. The predicted molar refractivity (Wildman–Crippen MR) is 112 cm³/mol. The first kappa shape index (κ1) is 20.9. The number of fused-ring (bicyclic) bond motifs is 1. The summed E-state index contributed by atoms with van der Waals surface area (Å²) in [7, 11) is 0. The van der Waals surface area contributed by atoms with Crippen molar-refractivity contribution in [2.24, 2.45) is 11.8 Å². The fourth-order valence-electron chi connectivity index (χ4n) is 5.37. The lowest BCUT2D eigenvalue weighted by molar-refractivity contribution is -0.130. The molecule has 0 aromatic heterocycles. The Bertz CT molecular complexity index is 631. The molecule has 1 saturated heterocycles. The van der Waals surface area contributed by atoms with E-state index in [4.69, 9.17) is 14.2 Å². The Labute approximate surface area is 175 Å². The van der Waals surface area contributed by atoms with Crippen molar-refractivity contribution in [3.05, 3.63) is 23.5 Å². The van der Waals surface area contributed by atoms with Crippen molar-refractivity contribution in [3.63, 3.8) is 0 Å². The summed E-state index contributed by atoms with van der Waals surface area (Å²) in [5.41, 5.74) is 0.926. The van der Waals surface area contributed by atoms with Crippen LogP contribution in [-0.2, 0) is 19.0 Å². The second-order valence-electron chi connectivity index (χ2n) is 9.25. The predicted octanol–water partition coefficient (Wildman–Crippen LogP) is 4.23. The number of allylic oxidation sites excluding steroid dienone is 1. The molecule has 5 nitrogen and oxygen atoms in total. The van der Waals surface area contributed by atoms with Crippen molar-refractivity contribution in [2.45, 2.75) is 83.5 Å². The van der Waals surface area contributed by atoms with E-state index in [-0.39, 0.29) is 18.1 Å². The van der Waals surface area contributed by atoms with Crippen molar-refractivity contribution >= 4 is 5.91 Å². The van der Waals surface area contributed by atoms with E-state index in [2.05, 4.69) is 13.0 Å². The highest BCUT2D eigenvalue weighted by atomic mass is 16.6. The van der Waals surface area contributed by atoms with Gasteiger partial charge in [-0.15, -0.1) is 0 Å². The maximum absolute atomic E-state index is 12.6. The van der Waals surface area contributed by atoms with Crippen molar-refractivity contribution in [1.29, 1.82) is 0 Å². The molecule has 4 unspecified atom stereocenters. The van der Waals surface area contributed by atoms with Gasteiger partial charge < -0.3 is 19.1 Å². The summed E-state index contributed by atoms with van der Waals surface area (Å²) in [6, 6.07) is 0. The van der Waals surface area contributed by atoms with Crippen LogP contribution in [0, 0.1) is 11.8 Å². The first-order chi connectivity index (χ1) is 14.1. The second-order valence-corrected chi connectivity index (χ2v) is 9.25. The summed E-state index contributed by atoms with van der Waals surface area (Å²) in [5.74, 6) is 2.04. The summed E-state index contributed by atoms with van der Waals surface area (Å²) < 4.78 is 18.3. The third kappa shape index (κ3) is 5.05. The van der Waals surface area contributed by atoms with Gasteiger partial charge in [0.1, 0.15) is 11.9 Å². The minimum Gasteiger partial charge on any atom is -0.487 e. The van der Waals surface area contributed by atoms with Gasteiger partial charge in [-0.2, -0.15) is 0 Å². The van der Waals surface area contributed by atoms with Crippen molar-refractivity contribution in [3.8, 4) is 0 Å². The number of carbonyl (C=O) groups excluding carboxylic acids is 1. The maximum atomic E-state index is 12.6. The highest BCUT2D eigenvalue weighted by Gasteiger charge is 2.41. The van der Waals surface area contributed by atoms with E-state index in [0.29, 0.717) is 44.2 Å².